The smallest absolute Gasteiger partial charge is 0.133 e. The van der Waals surface area contributed by atoms with Gasteiger partial charge in [0.05, 0.1) is 5.56 Å². The van der Waals surface area contributed by atoms with E-state index >= 15 is 0 Å². The van der Waals surface area contributed by atoms with Gasteiger partial charge in [0.25, 0.3) is 0 Å². The number of anilines is 1. The molecule has 2 N–H and O–H groups in total. The second-order valence-electron chi connectivity index (χ2n) is 4.60. The van der Waals surface area contributed by atoms with Crippen molar-refractivity contribution >= 4 is 21.7 Å². The van der Waals surface area contributed by atoms with Gasteiger partial charge in [0.1, 0.15) is 17.3 Å². The van der Waals surface area contributed by atoms with Gasteiger partial charge in [-0.15, -0.1) is 0 Å². The molecule has 0 fully saturated rings. The zero-order valence-corrected chi connectivity index (χ0v) is 12.8. The lowest BCUT2D eigenvalue weighted by atomic mass is 10.0. The second kappa shape index (κ2) is 5.29. The Morgan fingerprint density at radius 1 is 1.29 bits per heavy atom. The Morgan fingerprint density at radius 2 is 2.10 bits per heavy atom. The standard InChI is InChI=1S/C15H12BrFN4/c1-21-15(18)13(9-3-2-6-19-8-9)14(20-21)11-5-4-10(16)7-12(11)17/h2-8H,18H2,1H3. The van der Waals surface area contributed by atoms with E-state index in [2.05, 4.69) is 26.0 Å². The highest BCUT2D eigenvalue weighted by Gasteiger charge is 2.20. The number of benzene rings is 1. The van der Waals surface area contributed by atoms with E-state index in [1.165, 1.54) is 6.07 Å². The number of hydrogen-bond donors (Lipinski definition) is 1. The van der Waals surface area contributed by atoms with Gasteiger partial charge in [-0.2, -0.15) is 5.10 Å². The van der Waals surface area contributed by atoms with Crippen LogP contribution in [-0.4, -0.2) is 14.8 Å². The third kappa shape index (κ3) is 2.42. The first-order valence-electron chi connectivity index (χ1n) is 6.26. The zero-order valence-electron chi connectivity index (χ0n) is 11.2. The largest absolute Gasteiger partial charge is 0.383 e. The molecule has 1 aromatic carbocycles. The van der Waals surface area contributed by atoms with Gasteiger partial charge < -0.3 is 5.73 Å². The van der Waals surface area contributed by atoms with Crippen molar-refractivity contribution in [1.82, 2.24) is 14.8 Å². The van der Waals surface area contributed by atoms with E-state index in [0.717, 1.165) is 5.56 Å². The van der Waals surface area contributed by atoms with Crippen molar-refractivity contribution < 1.29 is 4.39 Å². The van der Waals surface area contributed by atoms with E-state index in [0.29, 0.717) is 27.1 Å². The van der Waals surface area contributed by atoms with Gasteiger partial charge in [0, 0.05) is 35.0 Å². The first kappa shape index (κ1) is 13.8. The summed E-state index contributed by atoms with van der Waals surface area (Å²) in [6.45, 7) is 0. The van der Waals surface area contributed by atoms with Crippen molar-refractivity contribution in [2.45, 2.75) is 0 Å². The van der Waals surface area contributed by atoms with Gasteiger partial charge in [-0.25, -0.2) is 4.39 Å². The summed E-state index contributed by atoms with van der Waals surface area (Å²) in [6, 6.07) is 8.55. The predicted octanol–water partition coefficient (Wildman–Crippen LogP) is 3.63. The summed E-state index contributed by atoms with van der Waals surface area (Å²) in [4.78, 5) is 4.09. The number of nitrogens with two attached hydrogens (primary N) is 1. The summed E-state index contributed by atoms with van der Waals surface area (Å²) in [5.74, 6) is 0.118. The Bertz CT molecular complexity index is 799. The minimum Gasteiger partial charge on any atom is -0.383 e. The van der Waals surface area contributed by atoms with Crippen LogP contribution in [0.4, 0.5) is 10.2 Å². The van der Waals surface area contributed by atoms with Crippen molar-refractivity contribution in [3.05, 3.63) is 53.0 Å². The maximum absolute atomic E-state index is 14.2. The summed E-state index contributed by atoms with van der Waals surface area (Å²) >= 11 is 3.25. The number of rotatable bonds is 2. The third-order valence-electron chi connectivity index (χ3n) is 3.23. The van der Waals surface area contributed by atoms with Crippen LogP contribution in [0.3, 0.4) is 0 Å². The monoisotopic (exact) mass is 346 g/mol. The van der Waals surface area contributed by atoms with Crippen molar-refractivity contribution in [3.63, 3.8) is 0 Å². The Labute approximate surface area is 129 Å². The molecular formula is C15H12BrFN4. The summed E-state index contributed by atoms with van der Waals surface area (Å²) in [7, 11) is 1.73. The second-order valence-corrected chi connectivity index (χ2v) is 5.51. The number of pyridine rings is 1. The molecule has 0 saturated heterocycles. The Balaban J connectivity index is 2.27. The van der Waals surface area contributed by atoms with E-state index in [1.54, 1.807) is 36.3 Å². The molecule has 0 saturated carbocycles. The van der Waals surface area contributed by atoms with Crippen LogP contribution in [0, 0.1) is 5.82 Å². The molecule has 21 heavy (non-hydrogen) atoms. The number of halogens is 2. The molecule has 3 rings (SSSR count). The van der Waals surface area contributed by atoms with Crippen LogP contribution in [0.15, 0.2) is 47.2 Å². The predicted molar refractivity (Wildman–Crippen MR) is 83.9 cm³/mol. The van der Waals surface area contributed by atoms with Gasteiger partial charge in [-0.1, -0.05) is 22.0 Å². The van der Waals surface area contributed by atoms with Crippen LogP contribution in [-0.2, 0) is 7.05 Å². The fourth-order valence-electron chi connectivity index (χ4n) is 2.20. The maximum atomic E-state index is 14.2. The van der Waals surface area contributed by atoms with E-state index in [4.69, 9.17) is 5.73 Å². The quantitative estimate of drug-likeness (QED) is 0.770. The number of nitrogens with zero attached hydrogens (tertiary/aromatic N) is 3. The molecule has 6 heteroatoms. The Kier molecular flexibility index (Phi) is 3.47. The first-order chi connectivity index (χ1) is 10.1. The molecule has 2 aromatic heterocycles. The highest BCUT2D eigenvalue weighted by atomic mass is 79.9. The van der Waals surface area contributed by atoms with Crippen LogP contribution < -0.4 is 5.73 Å². The van der Waals surface area contributed by atoms with Crippen LogP contribution in [0.25, 0.3) is 22.4 Å². The molecule has 2 heterocycles. The molecule has 4 nitrogen and oxygen atoms in total. The molecule has 0 aliphatic rings. The lowest BCUT2D eigenvalue weighted by molar-refractivity contribution is 0.629. The van der Waals surface area contributed by atoms with Crippen LogP contribution >= 0.6 is 15.9 Å². The summed E-state index contributed by atoms with van der Waals surface area (Å²) < 4.78 is 16.5. The molecule has 0 amide bonds. The highest BCUT2D eigenvalue weighted by molar-refractivity contribution is 9.10. The molecule has 0 spiro atoms. The maximum Gasteiger partial charge on any atom is 0.133 e. The van der Waals surface area contributed by atoms with E-state index in [-0.39, 0.29) is 5.82 Å². The summed E-state index contributed by atoms with van der Waals surface area (Å²) in [6.07, 6.45) is 3.36. The molecule has 0 bridgehead atoms. The van der Waals surface area contributed by atoms with Crippen molar-refractivity contribution in [3.8, 4) is 22.4 Å². The van der Waals surface area contributed by atoms with Gasteiger partial charge in [0.2, 0.25) is 0 Å². The summed E-state index contributed by atoms with van der Waals surface area (Å²) in [5.41, 5.74) is 8.50. The fraction of sp³-hybridized carbons (Fsp3) is 0.0667. The molecule has 0 unspecified atom stereocenters. The topological polar surface area (TPSA) is 56.7 Å². The lowest BCUT2D eigenvalue weighted by Crippen LogP contribution is -1.98. The van der Waals surface area contributed by atoms with Crippen LogP contribution in [0.1, 0.15) is 0 Å². The van der Waals surface area contributed by atoms with Gasteiger partial charge in [-0.05, 0) is 24.3 Å². The fourth-order valence-corrected chi connectivity index (χ4v) is 2.54. The molecular weight excluding hydrogens is 335 g/mol. The molecule has 0 atom stereocenters. The van der Waals surface area contributed by atoms with Gasteiger partial charge >= 0.3 is 0 Å². The van der Waals surface area contributed by atoms with E-state index in [1.807, 2.05) is 12.1 Å². The summed E-state index contributed by atoms with van der Waals surface area (Å²) in [5, 5.41) is 4.36. The van der Waals surface area contributed by atoms with Gasteiger partial charge in [0.15, 0.2) is 0 Å². The Hall–Kier alpha value is -2.21. The van der Waals surface area contributed by atoms with E-state index in [9.17, 15) is 4.39 Å². The number of aryl methyl sites for hydroxylation is 1. The van der Waals surface area contributed by atoms with Gasteiger partial charge in [-0.3, -0.25) is 9.67 Å². The number of hydrogen-bond acceptors (Lipinski definition) is 3. The third-order valence-corrected chi connectivity index (χ3v) is 3.72. The van der Waals surface area contributed by atoms with Crippen molar-refractivity contribution in [2.24, 2.45) is 7.05 Å². The van der Waals surface area contributed by atoms with Crippen molar-refractivity contribution in [1.29, 1.82) is 0 Å². The SMILES string of the molecule is Cn1nc(-c2ccc(Br)cc2F)c(-c2cccnc2)c1N. The molecule has 106 valence electrons. The normalized spacial score (nSPS) is 10.8. The highest BCUT2D eigenvalue weighted by Crippen LogP contribution is 2.37. The minimum atomic E-state index is -0.354. The zero-order chi connectivity index (χ0) is 15.0. The lowest BCUT2D eigenvalue weighted by Gasteiger charge is -2.05. The average molecular weight is 347 g/mol. The molecule has 0 radical (unpaired) electrons. The first-order valence-corrected chi connectivity index (χ1v) is 7.05. The molecule has 0 aliphatic heterocycles. The van der Waals surface area contributed by atoms with Crippen LogP contribution in [0.2, 0.25) is 0 Å². The molecule has 0 aliphatic carbocycles. The average Bonchev–Trinajstić information content (AvgIpc) is 2.75. The molecule has 3 aromatic rings. The Morgan fingerprint density at radius 3 is 2.76 bits per heavy atom. The van der Waals surface area contributed by atoms with E-state index < -0.39 is 0 Å². The number of nitrogen functional groups attached to an aromatic ring is 1. The number of aromatic nitrogens is 3. The van der Waals surface area contributed by atoms with Crippen molar-refractivity contribution in [2.75, 3.05) is 5.73 Å². The van der Waals surface area contributed by atoms with Crippen LogP contribution in [0.5, 0.6) is 0 Å². The minimum absolute atomic E-state index is 0.354.